The molecule has 0 aliphatic carbocycles. The van der Waals surface area contributed by atoms with Gasteiger partial charge in [0.05, 0.1) is 7.11 Å². The van der Waals surface area contributed by atoms with E-state index in [1.807, 2.05) is 18.2 Å². The minimum Gasteiger partial charge on any atom is -0.321 e. The molecule has 5 heteroatoms. The number of hydrogen-bond acceptors (Lipinski definition) is 4. The molecule has 1 aromatic carbocycles. The maximum absolute atomic E-state index is 11.1. The Morgan fingerprint density at radius 2 is 2.14 bits per heavy atom. The van der Waals surface area contributed by atoms with Gasteiger partial charge in [0.2, 0.25) is 0 Å². The Balaban J connectivity index is 2.42. The highest BCUT2D eigenvalue weighted by Crippen LogP contribution is 2.03. The monoisotopic (exact) mass is 194 g/mol. The minimum absolute atomic E-state index is 0.381. The van der Waals surface area contributed by atoms with Gasteiger partial charge in [-0.3, -0.25) is 4.79 Å². The van der Waals surface area contributed by atoms with E-state index < -0.39 is 0 Å². The van der Waals surface area contributed by atoms with E-state index >= 15 is 0 Å². The van der Waals surface area contributed by atoms with E-state index in [1.165, 1.54) is 7.11 Å². The third kappa shape index (κ3) is 3.68. The lowest BCUT2D eigenvalue weighted by molar-refractivity contribution is -0.272. The molecule has 0 fully saturated rings. The van der Waals surface area contributed by atoms with Gasteiger partial charge in [0, 0.05) is 5.69 Å². The van der Waals surface area contributed by atoms with E-state index in [4.69, 9.17) is 0 Å². The molecule has 1 N–H and O–H groups in total. The summed E-state index contributed by atoms with van der Waals surface area (Å²) in [5.41, 5.74) is 0.696. The van der Waals surface area contributed by atoms with Crippen molar-refractivity contribution in [2.45, 2.75) is 0 Å². The van der Waals surface area contributed by atoms with Crippen LogP contribution in [-0.2, 0) is 14.7 Å². The average molecular weight is 194 g/mol. The number of carbonyl (C=O) groups is 1. The van der Waals surface area contributed by atoms with Crippen LogP contribution < -0.4 is 5.32 Å². The summed E-state index contributed by atoms with van der Waals surface area (Å²) in [6.45, 7) is 0. The quantitative estimate of drug-likeness (QED) is 0.445. The maximum Gasteiger partial charge on any atom is 0.270 e. The number of amides is 1. The molecule has 0 heterocycles. The van der Waals surface area contributed by atoms with E-state index in [-0.39, 0.29) is 5.91 Å². The topological polar surface area (TPSA) is 59.9 Å². The van der Waals surface area contributed by atoms with Crippen LogP contribution >= 0.6 is 0 Å². The van der Waals surface area contributed by atoms with Crippen LogP contribution in [0.15, 0.2) is 35.5 Å². The molecule has 0 spiro atoms. The van der Waals surface area contributed by atoms with Crippen molar-refractivity contribution in [3.63, 3.8) is 0 Å². The highest BCUT2D eigenvalue weighted by molar-refractivity contribution is 6.31. The van der Waals surface area contributed by atoms with Crippen molar-refractivity contribution >= 4 is 17.8 Å². The maximum atomic E-state index is 11.1. The van der Waals surface area contributed by atoms with Gasteiger partial charge in [-0.1, -0.05) is 18.2 Å². The summed E-state index contributed by atoms with van der Waals surface area (Å²) < 4.78 is 0. The Morgan fingerprint density at radius 3 is 2.79 bits per heavy atom. The van der Waals surface area contributed by atoms with Gasteiger partial charge in [0.1, 0.15) is 6.21 Å². The molecule has 0 bridgehead atoms. The third-order valence-electron chi connectivity index (χ3n) is 1.33. The Labute approximate surface area is 81.2 Å². The number of carbonyl (C=O) groups excluding carboxylic acids is 1. The summed E-state index contributed by atoms with van der Waals surface area (Å²) in [4.78, 5) is 19.4. The fourth-order valence-corrected chi connectivity index (χ4v) is 0.808. The number of oxime groups is 1. The van der Waals surface area contributed by atoms with Gasteiger partial charge >= 0.3 is 0 Å². The second-order valence-corrected chi connectivity index (χ2v) is 2.33. The first-order valence-corrected chi connectivity index (χ1v) is 3.92. The molecule has 14 heavy (non-hydrogen) atoms. The van der Waals surface area contributed by atoms with Crippen LogP contribution in [0.2, 0.25) is 0 Å². The Hall–Kier alpha value is -1.88. The second-order valence-electron chi connectivity index (χ2n) is 2.33. The molecule has 0 atom stereocenters. The molecule has 0 radical (unpaired) electrons. The number of rotatable bonds is 4. The molecule has 0 aromatic heterocycles. The van der Waals surface area contributed by atoms with Crippen LogP contribution in [0, 0.1) is 0 Å². The van der Waals surface area contributed by atoms with Crippen molar-refractivity contribution in [3.05, 3.63) is 30.3 Å². The zero-order valence-corrected chi connectivity index (χ0v) is 7.64. The zero-order valence-electron chi connectivity index (χ0n) is 7.64. The molecule has 0 aliphatic heterocycles. The van der Waals surface area contributed by atoms with Gasteiger partial charge in [-0.05, 0) is 17.3 Å². The van der Waals surface area contributed by atoms with Crippen LogP contribution in [0.5, 0.6) is 0 Å². The minimum atomic E-state index is -0.381. The summed E-state index contributed by atoms with van der Waals surface area (Å²) in [7, 11) is 1.30. The molecular formula is C9H10N2O3. The molecule has 1 rings (SSSR count). The van der Waals surface area contributed by atoms with E-state index in [2.05, 4.69) is 20.3 Å². The van der Waals surface area contributed by atoms with Crippen molar-refractivity contribution in [1.82, 2.24) is 0 Å². The van der Waals surface area contributed by atoms with Crippen molar-refractivity contribution < 1.29 is 14.7 Å². The lowest BCUT2D eigenvalue weighted by atomic mass is 10.3. The van der Waals surface area contributed by atoms with Crippen LogP contribution in [0.25, 0.3) is 0 Å². The average Bonchev–Trinajstić information content (AvgIpc) is 2.20. The molecule has 74 valence electrons. The SMILES string of the molecule is COO/N=C/C(=O)Nc1ccccc1. The summed E-state index contributed by atoms with van der Waals surface area (Å²) in [6.07, 6.45) is 0.983. The number of nitrogens with one attached hydrogen (secondary N) is 1. The number of benzene rings is 1. The zero-order chi connectivity index (χ0) is 10.2. The normalized spacial score (nSPS) is 10.1. The van der Waals surface area contributed by atoms with E-state index in [1.54, 1.807) is 12.1 Å². The van der Waals surface area contributed by atoms with Crippen LogP contribution in [0.4, 0.5) is 5.69 Å². The summed E-state index contributed by atoms with van der Waals surface area (Å²) >= 11 is 0. The van der Waals surface area contributed by atoms with Crippen molar-refractivity contribution in [2.75, 3.05) is 12.4 Å². The predicted octanol–water partition coefficient (Wildman–Crippen LogP) is 1.19. The molecule has 1 amide bonds. The number of anilines is 1. The first kappa shape index (κ1) is 10.2. The van der Waals surface area contributed by atoms with E-state index in [0.717, 1.165) is 6.21 Å². The van der Waals surface area contributed by atoms with Gasteiger partial charge in [0.15, 0.2) is 0 Å². The molecule has 0 saturated carbocycles. The first-order chi connectivity index (χ1) is 6.83. The van der Waals surface area contributed by atoms with Crippen LogP contribution in [0.3, 0.4) is 0 Å². The van der Waals surface area contributed by atoms with Crippen LogP contribution in [-0.4, -0.2) is 19.2 Å². The fourth-order valence-electron chi connectivity index (χ4n) is 0.808. The number of para-hydroxylation sites is 1. The Bertz CT molecular complexity index is 311. The Kier molecular flexibility index (Phi) is 4.16. The van der Waals surface area contributed by atoms with Gasteiger partial charge in [-0.25, -0.2) is 4.99 Å². The van der Waals surface area contributed by atoms with Crippen molar-refractivity contribution in [1.29, 1.82) is 0 Å². The lowest BCUT2D eigenvalue weighted by Crippen LogP contribution is -2.12. The summed E-state index contributed by atoms with van der Waals surface area (Å²) in [5, 5.41) is 5.80. The van der Waals surface area contributed by atoms with Crippen LogP contribution in [0.1, 0.15) is 0 Å². The fraction of sp³-hybridized carbons (Fsp3) is 0.111. The van der Waals surface area contributed by atoms with Gasteiger partial charge < -0.3 is 5.32 Å². The predicted molar refractivity (Wildman–Crippen MR) is 51.7 cm³/mol. The van der Waals surface area contributed by atoms with Gasteiger partial charge in [0.25, 0.3) is 5.91 Å². The lowest BCUT2D eigenvalue weighted by Gasteiger charge is -1.99. The molecular weight excluding hydrogens is 184 g/mol. The standard InChI is InChI=1S/C9H10N2O3/c1-13-14-10-7-9(12)11-8-5-3-2-4-6-8/h2-7H,1H3,(H,11,12)/b10-7+. The van der Waals surface area contributed by atoms with E-state index in [9.17, 15) is 4.79 Å². The molecule has 5 nitrogen and oxygen atoms in total. The van der Waals surface area contributed by atoms with Crippen molar-refractivity contribution in [2.24, 2.45) is 5.16 Å². The molecule has 1 aromatic rings. The smallest absolute Gasteiger partial charge is 0.270 e. The van der Waals surface area contributed by atoms with E-state index in [0.29, 0.717) is 5.69 Å². The second kappa shape index (κ2) is 5.71. The molecule has 0 unspecified atom stereocenters. The molecule has 0 saturated heterocycles. The number of hydrogen-bond donors (Lipinski definition) is 1. The van der Waals surface area contributed by atoms with Crippen molar-refractivity contribution in [3.8, 4) is 0 Å². The van der Waals surface area contributed by atoms with Gasteiger partial charge in [-0.2, -0.15) is 4.89 Å². The summed E-state index contributed by atoms with van der Waals surface area (Å²) in [5.74, 6) is -0.381. The number of nitrogens with zero attached hydrogens (tertiary/aromatic N) is 1. The highest BCUT2D eigenvalue weighted by Gasteiger charge is 1.96. The van der Waals surface area contributed by atoms with Gasteiger partial charge in [-0.15, -0.1) is 0 Å². The first-order valence-electron chi connectivity index (χ1n) is 3.92. The molecule has 0 aliphatic rings. The summed E-state index contributed by atoms with van der Waals surface area (Å²) in [6, 6.07) is 9.03. The Morgan fingerprint density at radius 1 is 1.43 bits per heavy atom. The highest BCUT2D eigenvalue weighted by atomic mass is 17.3. The third-order valence-corrected chi connectivity index (χ3v) is 1.33. The largest absolute Gasteiger partial charge is 0.321 e.